The van der Waals surface area contributed by atoms with Gasteiger partial charge in [-0.25, -0.2) is 0 Å². The van der Waals surface area contributed by atoms with Gasteiger partial charge in [-0.1, -0.05) is 36.0 Å². The van der Waals surface area contributed by atoms with Crippen LogP contribution >= 0.6 is 24.0 Å². The average Bonchev–Trinajstić information content (AvgIpc) is 2.80. The van der Waals surface area contributed by atoms with Gasteiger partial charge in [0.25, 0.3) is 5.91 Å². The number of amides is 1. The Morgan fingerprint density at radius 1 is 1.35 bits per heavy atom. The lowest BCUT2D eigenvalue weighted by molar-refractivity contribution is -0.121. The number of carbonyl (C=O) groups excluding carboxylic acids is 1. The maximum Gasteiger partial charge on any atom is 0.266 e. The molecule has 0 unspecified atom stereocenters. The number of ether oxygens (including phenoxy) is 2. The molecule has 0 aliphatic carbocycles. The molecule has 1 aliphatic rings. The van der Waals surface area contributed by atoms with Gasteiger partial charge in [-0.2, -0.15) is 0 Å². The van der Waals surface area contributed by atoms with Crippen LogP contribution in [-0.2, 0) is 4.79 Å². The smallest absolute Gasteiger partial charge is 0.266 e. The van der Waals surface area contributed by atoms with Gasteiger partial charge in [0, 0.05) is 6.54 Å². The molecule has 0 bridgehead atoms. The van der Waals surface area contributed by atoms with Crippen molar-refractivity contribution in [1.82, 2.24) is 4.90 Å². The summed E-state index contributed by atoms with van der Waals surface area (Å²) in [4.78, 5) is 14.4. The minimum absolute atomic E-state index is 0.0619. The highest BCUT2D eigenvalue weighted by Crippen LogP contribution is 2.34. The fraction of sp³-hybridized carbons (Fsp3) is 0.294. The minimum atomic E-state index is -0.0619. The van der Waals surface area contributed by atoms with Crippen molar-refractivity contribution in [2.75, 3.05) is 19.8 Å². The van der Waals surface area contributed by atoms with Gasteiger partial charge in [-0.15, -0.1) is 6.42 Å². The van der Waals surface area contributed by atoms with E-state index < -0.39 is 0 Å². The number of hydrogen-bond donors (Lipinski definition) is 0. The summed E-state index contributed by atoms with van der Waals surface area (Å²) in [5, 5.41) is 0. The molecule has 1 amide bonds. The van der Waals surface area contributed by atoms with Crippen molar-refractivity contribution in [2.24, 2.45) is 0 Å². The minimum Gasteiger partial charge on any atom is -0.490 e. The van der Waals surface area contributed by atoms with Crippen LogP contribution in [0.15, 0.2) is 23.1 Å². The van der Waals surface area contributed by atoms with Gasteiger partial charge in [-0.3, -0.25) is 9.69 Å². The number of rotatable bonds is 6. The van der Waals surface area contributed by atoms with Crippen LogP contribution in [0.25, 0.3) is 6.08 Å². The first kappa shape index (κ1) is 17.4. The number of nitrogens with zero attached hydrogens (tertiary/aromatic N) is 1. The Labute approximate surface area is 145 Å². The Morgan fingerprint density at radius 2 is 2.13 bits per heavy atom. The highest BCUT2D eigenvalue weighted by Gasteiger charge is 2.30. The molecule has 1 aromatic carbocycles. The van der Waals surface area contributed by atoms with Crippen molar-refractivity contribution >= 4 is 40.3 Å². The van der Waals surface area contributed by atoms with Crippen molar-refractivity contribution in [2.45, 2.75) is 13.8 Å². The Balaban J connectivity index is 2.28. The number of thioether (sulfide) groups is 1. The number of benzene rings is 1. The van der Waals surface area contributed by atoms with Crippen molar-refractivity contribution in [1.29, 1.82) is 0 Å². The van der Waals surface area contributed by atoms with E-state index in [0.29, 0.717) is 33.9 Å². The molecule has 2 rings (SSSR count). The average molecular weight is 347 g/mol. The summed E-state index contributed by atoms with van der Waals surface area (Å²) in [7, 11) is 0. The Bertz CT molecular complexity index is 692. The lowest BCUT2D eigenvalue weighted by Gasteiger charge is -2.11. The molecule has 0 atom stereocenters. The number of thiocarbonyl (C=S) groups is 1. The molecule has 1 saturated heterocycles. The molecule has 0 N–H and O–H groups in total. The third-order valence-corrected chi connectivity index (χ3v) is 4.44. The van der Waals surface area contributed by atoms with Crippen molar-refractivity contribution < 1.29 is 14.3 Å². The number of carbonyl (C=O) groups is 1. The number of likely N-dealkylation sites (N-methyl/N-ethyl adjacent to an activating group) is 1. The molecule has 6 heteroatoms. The Hall–Kier alpha value is -1.97. The highest BCUT2D eigenvalue weighted by molar-refractivity contribution is 8.26. The van der Waals surface area contributed by atoms with E-state index in [4.69, 9.17) is 28.1 Å². The van der Waals surface area contributed by atoms with E-state index in [2.05, 4.69) is 5.92 Å². The molecule has 1 fully saturated rings. The molecule has 1 aromatic rings. The van der Waals surface area contributed by atoms with Crippen molar-refractivity contribution in [3.8, 4) is 23.8 Å². The molecule has 0 spiro atoms. The fourth-order valence-corrected chi connectivity index (χ4v) is 3.43. The van der Waals surface area contributed by atoms with E-state index >= 15 is 0 Å². The van der Waals surface area contributed by atoms with Gasteiger partial charge in [0.15, 0.2) is 11.5 Å². The molecular formula is C17H17NO3S2. The monoisotopic (exact) mass is 347 g/mol. The van der Waals surface area contributed by atoms with Crippen LogP contribution in [-0.4, -0.2) is 34.9 Å². The van der Waals surface area contributed by atoms with Crippen LogP contribution in [0.4, 0.5) is 0 Å². The summed E-state index contributed by atoms with van der Waals surface area (Å²) in [6, 6.07) is 5.47. The van der Waals surface area contributed by atoms with Gasteiger partial charge in [0.05, 0.1) is 11.5 Å². The molecule has 0 saturated carbocycles. The third-order valence-electron chi connectivity index (χ3n) is 3.07. The third kappa shape index (κ3) is 4.06. The van der Waals surface area contributed by atoms with E-state index in [1.54, 1.807) is 11.0 Å². The van der Waals surface area contributed by atoms with Crippen LogP contribution in [0.1, 0.15) is 19.4 Å². The number of terminal acetylenes is 1. The molecule has 4 nitrogen and oxygen atoms in total. The van der Waals surface area contributed by atoms with Crippen LogP contribution in [0.5, 0.6) is 11.5 Å². The normalized spacial score (nSPS) is 15.9. The summed E-state index contributed by atoms with van der Waals surface area (Å²) in [6.45, 7) is 5.05. The summed E-state index contributed by atoms with van der Waals surface area (Å²) in [6.07, 6.45) is 7.02. The standard InChI is InChI=1S/C17H17NO3S2/c1-4-9-21-13-8-7-12(10-14(13)20-6-3)11-15-16(19)18(5-2)17(22)23-15/h1,7-8,10-11H,5-6,9H2,2-3H3. The second-order valence-corrected chi connectivity index (χ2v) is 6.23. The summed E-state index contributed by atoms with van der Waals surface area (Å²) in [5.74, 6) is 3.55. The van der Waals surface area contributed by atoms with Gasteiger partial charge >= 0.3 is 0 Å². The second kappa shape index (κ2) is 8.04. The van der Waals surface area contributed by atoms with Crippen LogP contribution in [0, 0.1) is 12.3 Å². The van der Waals surface area contributed by atoms with Crippen LogP contribution in [0.2, 0.25) is 0 Å². The quantitative estimate of drug-likeness (QED) is 0.448. The lowest BCUT2D eigenvalue weighted by atomic mass is 10.2. The zero-order valence-electron chi connectivity index (χ0n) is 13.0. The van der Waals surface area contributed by atoms with Crippen LogP contribution in [0.3, 0.4) is 0 Å². The predicted molar refractivity (Wildman–Crippen MR) is 97.5 cm³/mol. The summed E-state index contributed by atoms with van der Waals surface area (Å²) >= 11 is 6.52. The van der Waals surface area contributed by atoms with E-state index in [1.165, 1.54) is 11.8 Å². The van der Waals surface area contributed by atoms with E-state index in [1.807, 2.05) is 32.1 Å². The van der Waals surface area contributed by atoms with Crippen LogP contribution < -0.4 is 9.47 Å². The van der Waals surface area contributed by atoms with E-state index in [9.17, 15) is 4.79 Å². The van der Waals surface area contributed by atoms with Gasteiger partial charge in [0.2, 0.25) is 0 Å². The lowest BCUT2D eigenvalue weighted by Crippen LogP contribution is -2.27. The molecule has 0 aromatic heterocycles. The maximum absolute atomic E-state index is 12.2. The largest absolute Gasteiger partial charge is 0.490 e. The van der Waals surface area contributed by atoms with E-state index in [-0.39, 0.29) is 12.5 Å². The van der Waals surface area contributed by atoms with Gasteiger partial charge < -0.3 is 9.47 Å². The molecule has 120 valence electrons. The first-order valence-corrected chi connectivity index (χ1v) is 8.41. The zero-order chi connectivity index (χ0) is 16.8. The molecule has 1 aliphatic heterocycles. The van der Waals surface area contributed by atoms with Crippen molar-refractivity contribution in [3.05, 3.63) is 28.7 Å². The number of hydrogen-bond acceptors (Lipinski definition) is 5. The Morgan fingerprint density at radius 3 is 2.74 bits per heavy atom. The first-order valence-electron chi connectivity index (χ1n) is 7.19. The molecule has 23 heavy (non-hydrogen) atoms. The summed E-state index contributed by atoms with van der Waals surface area (Å²) in [5.41, 5.74) is 0.845. The molecular weight excluding hydrogens is 330 g/mol. The maximum atomic E-state index is 12.2. The van der Waals surface area contributed by atoms with E-state index in [0.717, 1.165) is 5.56 Å². The summed E-state index contributed by atoms with van der Waals surface area (Å²) < 4.78 is 11.6. The fourth-order valence-electron chi connectivity index (χ4n) is 2.05. The predicted octanol–water partition coefficient (Wildman–Crippen LogP) is 3.32. The zero-order valence-corrected chi connectivity index (χ0v) is 14.6. The van der Waals surface area contributed by atoms with Gasteiger partial charge in [-0.05, 0) is 37.6 Å². The highest BCUT2D eigenvalue weighted by atomic mass is 32.2. The van der Waals surface area contributed by atoms with Crippen molar-refractivity contribution in [3.63, 3.8) is 0 Å². The topological polar surface area (TPSA) is 38.8 Å². The molecule has 1 heterocycles. The SMILES string of the molecule is C#CCOc1ccc(C=C2SC(=S)N(CC)C2=O)cc1OCC. The Kier molecular flexibility index (Phi) is 6.08. The van der Waals surface area contributed by atoms with Gasteiger partial charge in [0.1, 0.15) is 10.9 Å². The molecule has 0 radical (unpaired) electrons. The first-order chi connectivity index (χ1) is 11.1. The second-order valence-electron chi connectivity index (χ2n) is 4.56.